The van der Waals surface area contributed by atoms with Crippen LogP contribution < -0.4 is 16.0 Å². The summed E-state index contributed by atoms with van der Waals surface area (Å²) >= 11 is 0. The normalized spacial score (nSPS) is 12.1. The molecule has 0 unspecified atom stereocenters. The second kappa shape index (κ2) is 9.19. The van der Waals surface area contributed by atoms with Crippen molar-refractivity contribution in [2.24, 2.45) is 0 Å². The molecule has 0 spiro atoms. The number of carbonyl (C=O) groups excluding carboxylic acids is 2. The molecule has 1 aromatic heterocycles. The van der Waals surface area contributed by atoms with Gasteiger partial charge in [-0.25, -0.2) is 13.9 Å². The minimum atomic E-state index is -0.357. The lowest BCUT2D eigenvalue weighted by Gasteiger charge is -2.09. The fourth-order valence-electron chi connectivity index (χ4n) is 4.06. The Kier molecular flexibility index (Phi) is 5.78. The lowest BCUT2D eigenvalue weighted by molar-refractivity contribution is 0.102. The fourth-order valence-corrected chi connectivity index (χ4v) is 4.06. The highest BCUT2D eigenvalue weighted by Gasteiger charge is 2.27. The van der Waals surface area contributed by atoms with E-state index in [0.717, 1.165) is 36.2 Å². The Morgan fingerprint density at radius 2 is 1.38 bits per heavy atom. The van der Waals surface area contributed by atoms with Crippen LogP contribution in [0.3, 0.4) is 0 Å². The first-order valence-corrected chi connectivity index (χ1v) is 11.0. The molecule has 7 nitrogen and oxygen atoms in total. The maximum Gasteiger partial charge on any atom is 0.323 e. The molecule has 170 valence electrons. The van der Waals surface area contributed by atoms with Crippen molar-refractivity contribution in [1.29, 1.82) is 0 Å². The van der Waals surface area contributed by atoms with E-state index in [4.69, 9.17) is 0 Å². The second-order valence-electron chi connectivity index (χ2n) is 7.99. The molecular formula is C26H22FN5O2. The summed E-state index contributed by atoms with van der Waals surface area (Å²) in [7, 11) is 0. The first kappa shape index (κ1) is 21.4. The highest BCUT2D eigenvalue weighted by molar-refractivity contribution is 6.04. The van der Waals surface area contributed by atoms with Crippen molar-refractivity contribution in [2.45, 2.75) is 19.3 Å². The van der Waals surface area contributed by atoms with Gasteiger partial charge in [0.05, 0.1) is 5.69 Å². The van der Waals surface area contributed by atoms with Gasteiger partial charge >= 0.3 is 6.03 Å². The average molecular weight is 455 g/mol. The third kappa shape index (κ3) is 4.52. The summed E-state index contributed by atoms with van der Waals surface area (Å²) in [5.41, 5.74) is 4.88. The van der Waals surface area contributed by atoms with E-state index in [0.29, 0.717) is 22.8 Å². The fraction of sp³-hybridized carbons (Fsp3) is 0.115. The Hall–Kier alpha value is -4.46. The molecule has 34 heavy (non-hydrogen) atoms. The lowest BCUT2D eigenvalue weighted by Crippen LogP contribution is -2.19. The first-order chi connectivity index (χ1) is 16.6. The molecule has 5 rings (SSSR count). The van der Waals surface area contributed by atoms with Crippen LogP contribution in [-0.2, 0) is 12.8 Å². The van der Waals surface area contributed by atoms with Gasteiger partial charge in [-0.15, -0.1) is 0 Å². The molecule has 0 bridgehead atoms. The first-order valence-electron chi connectivity index (χ1n) is 11.0. The minimum Gasteiger partial charge on any atom is -0.321 e. The van der Waals surface area contributed by atoms with Crippen molar-refractivity contribution in [3.05, 3.63) is 102 Å². The molecular weight excluding hydrogens is 433 g/mol. The molecule has 1 aliphatic carbocycles. The molecule has 1 heterocycles. The Morgan fingerprint density at radius 3 is 2.06 bits per heavy atom. The predicted octanol–water partition coefficient (Wildman–Crippen LogP) is 5.40. The van der Waals surface area contributed by atoms with Gasteiger partial charge in [-0.3, -0.25) is 4.79 Å². The van der Waals surface area contributed by atoms with Crippen LogP contribution in [0.25, 0.3) is 5.69 Å². The van der Waals surface area contributed by atoms with Gasteiger partial charge in [0.1, 0.15) is 5.82 Å². The van der Waals surface area contributed by atoms with E-state index in [2.05, 4.69) is 21.0 Å². The summed E-state index contributed by atoms with van der Waals surface area (Å²) < 4.78 is 15.1. The van der Waals surface area contributed by atoms with Gasteiger partial charge < -0.3 is 16.0 Å². The number of hydrogen-bond donors (Lipinski definition) is 3. The van der Waals surface area contributed by atoms with Crippen LogP contribution in [0.1, 0.15) is 28.2 Å². The van der Waals surface area contributed by atoms with Crippen LogP contribution in [0.5, 0.6) is 0 Å². The third-order valence-electron chi connectivity index (χ3n) is 5.65. The number of aromatic nitrogens is 2. The van der Waals surface area contributed by atoms with E-state index >= 15 is 0 Å². The molecule has 0 saturated carbocycles. The van der Waals surface area contributed by atoms with Gasteiger partial charge in [0.25, 0.3) is 5.91 Å². The lowest BCUT2D eigenvalue weighted by atomic mass is 10.2. The highest BCUT2D eigenvalue weighted by atomic mass is 19.1. The quantitative estimate of drug-likeness (QED) is 0.377. The Bertz CT molecular complexity index is 1330. The van der Waals surface area contributed by atoms with Crippen LogP contribution in [0, 0.1) is 5.82 Å². The number of hydrogen-bond acceptors (Lipinski definition) is 3. The molecule has 0 saturated heterocycles. The molecule has 3 amide bonds. The van der Waals surface area contributed by atoms with Gasteiger partial charge in [0, 0.05) is 28.3 Å². The number of fused-ring (bicyclic) bond motifs is 1. The predicted molar refractivity (Wildman–Crippen MR) is 129 cm³/mol. The van der Waals surface area contributed by atoms with Crippen molar-refractivity contribution in [3.8, 4) is 5.69 Å². The number of para-hydroxylation sites is 1. The zero-order chi connectivity index (χ0) is 23.5. The van der Waals surface area contributed by atoms with Crippen LogP contribution in [0.4, 0.5) is 26.2 Å². The summed E-state index contributed by atoms with van der Waals surface area (Å²) in [4.78, 5) is 25.2. The molecule has 0 radical (unpaired) electrons. The smallest absolute Gasteiger partial charge is 0.321 e. The van der Waals surface area contributed by atoms with Gasteiger partial charge in [0.2, 0.25) is 0 Å². The van der Waals surface area contributed by atoms with Gasteiger partial charge in [-0.1, -0.05) is 18.2 Å². The zero-order valence-corrected chi connectivity index (χ0v) is 18.2. The van der Waals surface area contributed by atoms with Crippen LogP contribution in [0.15, 0.2) is 78.9 Å². The summed E-state index contributed by atoms with van der Waals surface area (Å²) in [6.07, 6.45) is 2.54. The molecule has 0 fully saturated rings. The Labute approximate surface area is 195 Å². The number of carbonyl (C=O) groups is 2. The van der Waals surface area contributed by atoms with E-state index in [9.17, 15) is 14.0 Å². The van der Waals surface area contributed by atoms with Crippen molar-refractivity contribution >= 4 is 29.0 Å². The minimum absolute atomic E-state index is 0.304. The summed E-state index contributed by atoms with van der Waals surface area (Å²) in [5, 5.41) is 12.9. The van der Waals surface area contributed by atoms with Crippen LogP contribution >= 0.6 is 0 Å². The maximum absolute atomic E-state index is 13.3. The van der Waals surface area contributed by atoms with Crippen molar-refractivity contribution < 1.29 is 14.0 Å². The summed E-state index contributed by atoms with van der Waals surface area (Å²) in [6.45, 7) is 0. The Morgan fingerprint density at radius 1 is 0.765 bits per heavy atom. The Balaban J connectivity index is 1.27. The van der Waals surface area contributed by atoms with E-state index in [1.165, 1.54) is 12.1 Å². The molecule has 4 aromatic rings. The monoisotopic (exact) mass is 455 g/mol. The highest BCUT2D eigenvalue weighted by Crippen LogP contribution is 2.28. The number of nitrogens with one attached hydrogen (secondary N) is 3. The number of anilines is 3. The number of urea groups is 1. The molecule has 1 aliphatic rings. The average Bonchev–Trinajstić information content (AvgIpc) is 3.45. The van der Waals surface area contributed by atoms with E-state index in [1.54, 1.807) is 53.2 Å². The van der Waals surface area contributed by atoms with Crippen molar-refractivity contribution in [1.82, 2.24) is 9.78 Å². The van der Waals surface area contributed by atoms with E-state index < -0.39 is 0 Å². The van der Waals surface area contributed by atoms with Crippen LogP contribution in [0.2, 0.25) is 0 Å². The van der Waals surface area contributed by atoms with Gasteiger partial charge in [-0.05, 0) is 79.9 Å². The molecule has 3 N–H and O–H groups in total. The summed E-state index contributed by atoms with van der Waals surface area (Å²) in [6, 6.07) is 21.7. The van der Waals surface area contributed by atoms with Gasteiger partial charge in [0.15, 0.2) is 5.69 Å². The molecule has 0 atom stereocenters. The second-order valence-corrected chi connectivity index (χ2v) is 7.99. The zero-order valence-electron chi connectivity index (χ0n) is 18.2. The van der Waals surface area contributed by atoms with E-state index in [1.807, 2.05) is 18.2 Å². The maximum atomic E-state index is 13.3. The van der Waals surface area contributed by atoms with E-state index in [-0.39, 0.29) is 17.8 Å². The number of nitrogens with zero attached hydrogens (tertiary/aromatic N) is 2. The number of amides is 3. The van der Waals surface area contributed by atoms with Crippen molar-refractivity contribution in [3.63, 3.8) is 0 Å². The SMILES string of the molecule is O=C(Nc1ccccc1)Nc1ccc(NC(=O)c2nn(-c3ccc(F)cc3)c3c2CCC3)cc1. The number of halogens is 1. The molecule has 3 aromatic carbocycles. The molecule has 0 aliphatic heterocycles. The summed E-state index contributed by atoms with van der Waals surface area (Å²) in [5.74, 6) is -0.623. The van der Waals surface area contributed by atoms with Crippen LogP contribution in [-0.4, -0.2) is 21.7 Å². The topological polar surface area (TPSA) is 88.1 Å². The van der Waals surface area contributed by atoms with Crippen molar-refractivity contribution in [2.75, 3.05) is 16.0 Å². The van der Waals surface area contributed by atoms with Gasteiger partial charge in [-0.2, -0.15) is 5.10 Å². The third-order valence-corrected chi connectivity index (χ3v) is 5.65. The number of rotatable bonds is 5. The molecule has 8 heteroatoms. The standard InChI is InChI=1S/C26H22FN5O2/c27-17-9-15-21(16-10-17)32-23-8-4-7-22(23)24(31-32)25(33)28-19-11-13-20(14-12-19)30-26(34)29-18-5-2-1-3-6-18/h1-3,5-6,9-16H,4,7-8H2,(H,28,33)(H2,29,30,34). The number of benzene rings is 3. The largest absolute Gasteiger partial charge is 0.323 e.